The summed E-state index contributed by atoms with van der Waals surface area (Å²) in [5.41, 5.74) is 0.689. The SMILES string of the molecule is Cc1cc([N+](=O)[O-])nn1CSCCC(=O)O. The van der Waals surface area contributed by atoms with Gasteiger partial charge in [-0.25, -0.2) is 0 Å². The monoisotopic (exact) mass is 245 g/mol. The first-order chi connectivity index (χ1) is 7.50. The molecule has 1 N–H and O–H groups in total. The fourth-order valence-corrected chi connectivity index (χ4v) is 1.91. The third kappa shape index (κ3) is 3.54. The van der Waals surface area contributed by atoms with E-state index >= 15 is 0 Å². The molecular formula is C8H11N3O4S. The maximum Gasteiger partial charge on any atom is 0.390 e. The predicted octanol–water partition coefficient (Wildman–Crippen LogP) is 1.27. The van der Waals surface area contributed by atoms with E-state index in [1.54, 1.807) is 6.92 Å². The van der Waals surface area contributed by atoms with Gasteiger partial charge in [0.15, 0.2) is 0 Å². The number of hydrogen-bond acceptors (Lipinski definition) is 5. The van der Waals surface area contributed by atoms with E-state index in [0.29, 0.717) is 17.3 Å². The molecule has 1 aromatic rings. The van der Waals surface area contributed by atoms with Crippen molar-refractivity contribution in [1.82, 2.24) is 9.78 Å². The van der Waals surface area contributed by atoms with E-state index in [-0.39, 0.29) is 12.2 Å². The number of aromatic nitrogens is 2. The zero-order chi connectivity index (χ0) is 12.1. The number of hydrogen-bond donors (Lipinski definition) is 1. The summed E-state index contributed by atoms with van der Waals surface area (Å²) in [4.78, 5) is 20.1. The van der Waals surface area contributed by atoms with Crippen molar-refractivity contribution in [1.29, 1.82) is 0 Å². The Labute approximate surface area is 95.6 Å². The highest BCUT2D eigenvalue weighted by Crippen LogP contribution is 2.14. The summed E-state index contributed by atoms with van der Waals surface area (Å²) in [7, 11) is 0. The molecule has 0 aliphatic carbocycles. The molecule has 0 unspecified atom stereocenters. The number of carboxylic acid groups (broad SMARTS) is 1. The van der Waals surface area contributed by atoms with Crippen LogP contribution in [-0.4, -0.2) is 31.5 Å². The number of aliphatic carboxylic acids is 1. The fraction of sp³-hybridized carbons (Fsp3) is 0.500. The lowest BCUT2D eigenvalue weighted by atomic mass is 10.5. The normalized spacial score (nSPS) is 10.3. The van der Waals surface area contributed by atoms with Crippen molar-refractivity contribution in [2.24, 2.45) is 0 Å². The van der Waals surface area contributed by atoms with Crippen molar-refractivity contribution in [2.75, 3.05) is 5.75 Å². The van der Waals surface area contributed by atoms with Crippen molar-refractivity contribution >= 4 is 23.5 Å². The summed E-state index contributed by atoms with van der Waals surface area (Å²) in [5, 5.41) is 22.6. The van der Waals surface area contributed by atoms with Crippen LogP contribution in [-0.2, 0) is 10.7 Å². The van der Waals surface area contributed by atoms with Crippen LogP contribution in [0.25, 0.3) is 0 Å². The van der Waals surface area contributed by atoms with E-state index < -0.39 is 10.9 Å². The van der Waals surface area contributed by atoms with E-state index in [1.165, 1.54) is 22.5 Å². The smallest absolute Gasteiger partial charge is 0.390 e. The van der Waals surface area contributed by atoms with Crippen molar-refractivity contribution in [3.8, 4) is 0 Å². The summed E-state index contributed by atoms with van der Waals surface area (Å²) in [6, 6.07) is 1.39. The average molecular weight is 245 g/mol. The van der Waals surface area contributed by atoms with Gasteiger partial charge in [-0.15, -0.1) is 11.8 Å². The molecule has 0 aliphatic heterocycles. The van der Waals surface area contributed by atoms with Crippen LogP contribution >= 0.6 is 11.8 Å². The van der Waals surface area contributed by atoms with Crippen LogP contribution in [0.4, 0.5) is 5.82 Å². The van der Waals surface area contributed by atoms with Crippen molar-refractivity contribution in [3.05, 3.63) is 21.9 Å². The summed E-state index contributed by atoms with van der Waals surface area (Å²) < 4.78 is 1.49. The zero-order valence-corrected chi connectivity index (χ0v) is 9.44. The van der Waals surface area contributed by atoms with Crippen LogP contribution in [0.5, 0.6) is 0 Å². The number of carbonyl (C=O) groups is 1. The molecule has 0 aromatic carbocycles. The lowest BCUT2D eigenvalue weighted by molar-refractivity contribution is -0.389. The van der Waals surface area contributed by atoms with Gasteiger partial charge in [0.05, 0.1) is 23.3 Å². The maximum atomic E-state index is 10.4. The first kappa shape index (κ1) is 12.5. The molecule has 0 amide bonds. The number of rotatable bonds is 6. The number of aryl methyl sites for hydroxylation is 1. The molecule has 1 aromatic heterocycles. The van der Waals surface area contributed by atoms with E-state index in [2.05, 4.69) is 5.10 Å². The Morgan fingerprint density at radius 3 is 2.94 bits per heavy atom. The second-order valence-electron chi connectivity index (χ2n) is 3.08. The Balaban J connectivity index is 2.47. The third-order valence-electron chi connectivity index (χ3n) is 1.83. The van der Waals surface area contributed by atoms with Crippen LogP contribution in [0.2, 0.25) is 0 Å². The second-order valence-corrected chi connectivity index (χ2v) is 4.16. The van der Waals surface area contributed by atoms with Crippen LogP contribution in [0.3, 0.4) is 0 Å². The largest absolute Gasteiger partial charge is 0.481 e. The highest BCUT2D eigenvalue weighted by molar-refractivity contribution is 7.98. The molecule has 1 heterocycles. The number of thioether (sulfide) groups is 1. The average Bonchev–Trinajstić information content (AvgIpc) is 2.55. The summed E-state index contributed by atoms with van der Waals surface area (Å²) >= 11 is 1.37. The number of nitro groups is 1. The molecule has 0 atom stereocenters. The lowest BCUT2D eigenvalue weighted by Gasteiger charge is -1.98. The molecule has 1 rings (SSSR count). The molecular weight excluding hydrogens is 234 g/mol. The summed E-state index contributed by atoms with van der Waals surface area (Å²) in [5.74, 6) is -0.151. The molecule has 0 radical (unpaired) electrons. The van der Waals surface area contributed by atoms with Gasteiger partial charge < -0.3 is 15.2 Å². The van der Waals surface area contributed by atoms with Gasteiger partial charge in [0, 0.05) is 5.75 Å². The van der Waals surface area contributed by atoms with Gasteiger partial charge in [-0.05, 0) is 11.8 Å². The minimum Gasteiger partial charge on any atom is -0.481 e. The van der Waals surface area contributed by atoms with Gasteiger partial charge in [-0.1, -0.05) is 0 Å². The van der Waals surface area contributed by atoms with Gasteiger partial charge in [-0.3, -0.25) is 4.79 Å². The van der Waals surface area contributed by atoms with E-state index in [0.717, 1.165) is 0 Å². The first-order valence-corrected chi connectivity index (χ1v) is 5.64. The molecule has 0 aliphatic rings. The van der Waals surface area contributed by atoms with E-state index in [4.69, 9.17) is 5.11 Å². The van der Waals surface area contributed by atoms with Crippen molar-refractivity contribution in [2.45, 2.75) is 19.2 Å². The highest BCUT2D eigenvalue weighted by Gasteiger charge is 2.14. The standard InChI is InChI=1S/C8H11N3O4S/c1-6-4-7(11(14)15)9-10(6)5-16-3-2-8(12)13/h4H,2-3,5H2,1H3,(H,12,13). The Morgan fingerprint density at radius 2 is 2.44 bits per heavy atom. The lowest BCUT2D eigenvalue weighted by Crippen LogP contribution is -2.02. The molecule has 0 saturated heterocycles. The molecule has 16 heavy (non-hydrogen) atoms. The zero-order valence-electron chi connectivity index (χ0n) is 8.62. The van der Waals surface area contributed by atoms with Gasteiger partial charge in [0.1, 0.15) is 5.88 Å². The fourth-order valence-electron chi connectivity index (χ4n) is 1.02. The van der Waals surface area contributed by atoms with Gasteiger partial charge >= 0.3 is 11.8 Å². The van der Waals surface area contributed by atoms with Gasteiger partial charge in [0.2, 0.25) is 0 Å². The minimum absolute atomic E-state index is 0.0765. The van der Waals surface area contributed by atoms with Crippen LogP contribution < -0.4 is 0 Å². The van der Waals surface area contributed by atoms with Crippen LogP contribution in [0.1, 0.15) is 12.1 Å². The Hall–Kier alpha value is -1.57. The van der Waals surface area contributed by atoms with Crippen molar-refractivity contribution < 1.29 is 14.8 Å². The Kier molecular flexibility index (Phi) is 4.29. The Bertz CT molecular complexity index is 404. The highest BCUT2D eigenvalue weighted by atomic mass is 32.2. The molecule has 0 fully saturated rings. The first-order valence-electron chi connectivity index (χ1n) is 4.49. The molecule has 0 bridgehead atoms. The number of carboxylic acids is 1. The maximum absolute atomic E-state index is 10.4. The quantitative estimate of drug-likeness (QED) is 0.460. The minimum atomic E-state index is -0.851. The van der Waals surface area contributed by atoms with Crippen LogP contribution in [0, 0.1) is 17.0 Å². The third-order valence-corrected chi connectivity index (χ3v) is 2.75. The van der Waals surface area contributed by atoms with Crippen molar-refractivity contribution in [3.63, 3.8) is 0 Å². The molecule has 0 saturated carbocycles. The molecule has 8 heteroatoms. The Morgan fingerprint density at radius 1 is 1.75 bits per heavy atom. The van der Waals surface area contributed by atoms with E-state index in [9.17, 15) is 14.9 Å². The molecule has 0 spiro atoms. The van der Waals surface area contributed by atoms with Gasteiger partial charge in [0.25, 0.3) is 0 Å². The topological polar surface area (TPSA) is 98.3 Å². The predicted molar refractivity (Wildman–Crippen MR) is 58.3 cm³/mol. The van der Waals surface area contributed by atoms with E-state index in [1.807, 2.05) is 0 Å². The number of nitrogens with zero attached hydrogens (tertiary/aromatic N) is 3. The molecule has 7 nitrogen and oxygen atoms in total. The molecule has 88 valence electrons. The summed E-state index contributed by atoms with van der Waals surface area (Å²) in [6.45, 7) is 1.72. The summed E-state index contributed by atoms with van der Waals surface area (Å²) in [6.07, 6.45) is 0.0765. The van der Waals surface area contributed by atoms with Crippen LogP contribution in [0.15, 0.2) is 6.07 Å². The van der Waals surface area contributed by atoms with Gasteiger partial charge in [-0.2, -0.15) is 4.68 Å². The second kappa shape index (κ2) is 5.50.